The molecule has 5 aromatic rings. The Kier molecular flexibility index (Phi) is 9.98. The number of nitrogens with zero attached hydrogens (tertiary/aromatic N) is 2. The van der Waals surface area contributed by atoms with Crippen molar-refractivity contribution in [2.75, 3.05) is 25.0 Å². The molecule has 4 aromatic carbocycles. The maximum atomic E-state index is 14.4. The molecule has 14 heteroatoms. The summed E-state index contributed by atoms with van der Waals surface area (Å²) in [6.45, 7) is 3.86. The zero-order valence-corrected chi connectivity index (χ0v) is 27.9. The maximum Gasteiger partial charge on any atom is 0.326 e. The number of aromatic amines is 1. The Morgan fingerprint density at radius 3 is 2.23 bits per heavy atom. The van der Waals surface area contributed by atoms with Crippen LogP contribution in [0.4, 0.5) is 27.6 Å². The van der Waals surface area contributed by atoms with E-state index in [9.17, 15) is 36.6 Å². The molecule has 0 spiro atoms. The summed E-state index contributed by atoms with van der Waals surface area (Å²) < 4.78 is 84.8. The van der Waals surface area contributed by atoms with Crippen LogP contribution in [0, 0.1) is 35.0 Å². The molecule has 7 rings (SSSR count). The smallest absolute Gasteiger partial charge is 0.326 e. The molecule has 9 nitrogen and oxygen atoms in total. The summed E-state index contributed by atoms with van der Waals surface area (Å²) in [5.41, 5.74) is 1.94. The number of carbonyl (C=O) groups excluding carboxylic acids is 1. The Bertz CT molecular complexity index is 2140. The van der Waals surface area contributed by atoms with Crippen molar-refractivity contribution in [1.29, 1.82) is 0 Å². The molecule has 0 bridgehead atoms. The monoisotopic (exact) mass is 722 g/mol. The number of likely N-dealkylation sites (tertiary alicyclic amines) is 1. The lowest BCUT2D eigenvalue weighted by Crippen LogP contribution is -2.47. The number of anilines is 1. The number of imidazole rings is 1. The first-order chi connectivity index (χ1) is 25.0. The molecule has 3 N–H and O–H groups in total. The average molecular weight is 723 g/mol. The molecule has 3 heterocycles. The third-order valence-electron chi connectivity index (χ3n) is 9.96. The number of hydrogen-bond donors (Lipinski definition) is 3. The number of amides is 1. The van der Waals surface area contributed by atoms with Gasteiger partial charge in [-0.3, -0.25) is 9.36 Å². The van der Waals surface area contributed by atoms with Gasteiger partial charge in [0, 0.05) is 42.8 Å². The van der Waals surface area contributed by atoms with Gasteiger partial charge in [-0.25, -0.2) is 26.7 Å². The van der Waals surface area contributed by atoms with E-state index in [0.29, 0.717) is 25.2 Å². The van der Waals surface area contributed by atoms with Crippen LogP contribution in [0.25, 0.3) is 11.0 Å². The molecule has 0 aliphatic carbocycles. The van der Waals surface area contributed by atoms with Crippen molar-refractivity contribution in [1.82, 2.24) is 14.5 Å². The minimum Gasteiger partial charge on any atom is -0.392 e. The number of halogens is 5. The van der Waals surface area contributed by atoms with Crippen LogP contribution in [0.2, 0.25) is 0 Å². The molecule has 1 aromatic heterocycles. The molecule has 2 fully saturated rings. The minimum absolute atomic E-state index is 0.00672. The minimum atomic E-state index is -2.36. The summed E-state index contributed by atoms with van der Waals surface area (Å²) in [6, 6.07) is 21.0. The molecule has 52 heavy (non-hydrogen) atoms. The second kappa shape index (κ2) is 14.6. The van der Waals surface area contributed by atoms with Gasteiger partial charge in [0.2, 0.25) is 5.82 Å². The van der Waals surface area contributed by atoms with Crippen molar-refractivity contribution >= 4 is 22.6 Å². The highest BCUT2D eigenvalue weighted by atomic mass is 19.2. The van der Waals surface area contributed by atoms with Crippen LogP contribution in [-0.4, -0.2) is 51.2 Å². The van der Waals surface area contributed by atoms with Gasteiger partial charge in [-0.15, -0.1) is 0 Å². The van der Waals surface area contributed by atoms with Crippen molar-refractivity contribution in [2.24, 2.45) is 5.92 Å². The van der Waals surface area contributed by atoms with E-state index in [4.69, 9.17) is 9.47 Å². The fraction of sp³-hybridized carbons (Fsp3) is 0.316. The van der Waals surface area contributed by atoms with Gasteiger partial charge in [0.1, 0.15) is 5.56 Å². The fourth-order valence-corrected chi connectivity index (χ4v) is 7.14. The van der Waals surface area contributed by atoms with Crippen LogP contribution in [0.1, 0.15) is 65.2 Å². The number of nitrogens with one attached hydrogen (secondary N) is 2. The van der Waals surface area contributed by atoms with Crippen LogP contribution in [0.15, 0.2) is 77.6 Å². The molecular weight excluding hydrogens is 687 g/mol. The van der Waals surface area contributed by atoms with Gasteiger partial charge in [0.25, 0.3) is 5.91 Å². The highest BCUT2D eigenvalue weighted by Crippen LogP contribution is 2.42. The van der Waals surface area contributed by atoms with Gasteiger partial charge in [-0.05, 0) is 48.2 Å². The summed E-state index contributed by atoms with van der Waals surface area (Å²) in [5.74, 6) is -13.0. The fourth-order valence-electron chi connectivity index (χ4n) is 7.14. The van der Waals surface area contributed by atoms with Crippen molar-refractivity contribution in [3.05, 3.63) is 135 Å². The van der Waals surface area contributed by atoms with Gasteiger partial charge in [-0.2, -0.15) is 0 Å². The Morgan fingerprint density at radius 2 is 1.54 bits per heavy atom. The first-order valence-electron chi connectivity index (χ1n) is 16.9. The second-order valence-corrected chi connectivity index (χ2v) is 13.2. The zero-order valence-electron chi connectivity index (χ0n) is 27.9. The molecule has 272 valence electrons. The van der Waals surface area contributed by atoms with Crippen LogP contribution < -0.4 is 11.0 Å². The lowest BCUT2D eigenvalue weighted by molar-refractivity contribution is -0.276. The topological polar surface area (TPSA) is 109 Å². The lowest BCUT2D eigenvalue weighted by atomic mass is 9.89. The Morgan fingerprint density at radius 1 is 0.865 bits per heavy atom. The quantitative estimate of drug-likeness (QED) is 0.0915. The van der Waals surface area contributed by atoms with E-state index in [2.05, 4.69) is 15.2 Å². The summed E-state index contributed by atoms with van der Waals surface area (Å²) in [5, 5.41) is 11.8. The number of para-hydroxylation sites is 2. The van der Waals surface area contributed by atoms with Crippen LogP contribution in [0.5, 0.6) is 0 Å². The van der Waals surface area contributed by atoms with Crippen molar-refractivity contribution in [2.45, 2.75) is 50.9 Å². The highest BCUT2D eigenvalue weighted by molar-refractivity contribution is 6.04. The first kappa shape index (κ1) is 35.5. The standard InChI is InChI=1S/C38H35F5N4O5/c1-20-28(18-46-15-13-25(14-16-46)47-27-8-3-2-7-26(27)45-38(47)50)51-37(52-35(20)22-11-9-21(19-48)10-12-22)23-5-4-6-24(17-23)44-36(49)29-30(39)32(41)34(43)33(42)31(29)40/h2-12,17,20,25,28,35,37,48H,13-16,18-19H2,1H3,(H,44,49)(H,45,50)/t20-,28+,35+,37+/m0/s1. The van der Waals surface area contributed by atoms with E-state index in [1.54, 1.807) is 18.2 Å². The van der Waals surface area contributed by atoms with E-state index >= 15 is 0 Å². The third kappa shape index (κ3) is 6.74. The predicted molar refractivity (Wildman–Crippen MR) is 181 cm³/mol. The van der Waals surface area contributed by atoms with Crippen molar-refractivity contribution < 1.29 is 41.3 Å². The van der Waals surface area contributed by atoms with E-state index < -0.39 is 53.0 Å². The summed E-state index contributed by atoms with van der Waals surface area (Å²) in [6.07, 6.45) is -0.304. The summed E-state index contributed by atoms with van der Waals surface area (Å²) in [4.78, 5) is 30.8. The van der Waals surface area contributed by atoms with Crippen LogP contribution >= 0.6 is 0 Å². The zero-order chi connectivity index (χ0) is 36.7. The van der Waals surface area contributed by atoms with E-state index in [-0.39, 0.29) is 36.0 Å². The predicted octanol–water partition coefficient (Wildman–Crippen LogP) is 6.90. The number of aromatic nitrogens is 2. The first-order valence-corrected chi connectivity index (χ1v) is 16.9. The molecule has 2 saturated heterocycles. The van der Waals surface area contributed by atoms with Gasteiger partial charge in [0.05, 0.1) is 29.8 Å². The number of aliphatic hydroxyl groups is 1. The normalized spacial score (nSPS) is 21.4. The number of H-pyrrole nitrogens is 1. The molecule has 0 saturated carbocycles. The van der Waals surface area contributed by atoms with E-state index in [1.165, 1.54) is 18.2 Å². The van der Waals surface area contributed by atoms with E-state index in [0.717, 1.165) is 35.0 Å². The van der Waals surface area contributed by atoms with Gasteiger partial charge < -0.3 is 29.8 Å². The lowest BCUT2D eigenvalue weighted by Gasteiger charge is -2.44. The van der Waals surface area contributed by atoms with Crippen LogP contribution in [0.3, 0.4) is 0 Å². The number of rotatable bonds is 8. The molecular formula is C38H35F5N4O5. The average Bonchev–Trinajstić information content (AvgIpc) is 3.50. The van der Waals surface area contributed by atoms with Gasteiger partial charge in [-0.1, -0.05) is 55.5 Å². The molecule has 2 aliphatic rings. The summed E-state index contributed by atoms with van der Waals surface area (Å²) in [7, 11) is 0. The van der Waals surface area contributed by atoms with Gasteiger partial charge >= 0.3 is 5.69 Å². The number of fused-ring (bicyclic) bond motifs is 1. The molecule has 1 amide bonds. The van der Waals surface area contributed by atoms with E-state index in [1.807, 2.05) is 47.9 Å². The largest absolute Gasteiger partial charge is 0.392 e. The molecule has 4 atom stereocenters. The van der Waals surface area contributed by atoms with Gasteiger partial charge in [0.15, 0.2) is 29.6 Å². The third-order valence-corrected chi connectivity index (χ3v) is 9.96. The number of ether oxygens (including phenoxy) is 2. The van der Waals surface area contributed by atoms with Crippen molar-refractivity contribution in [3.63, 3.8) is 0 Å². The van der Waals surface area contributed by atoms with Crippen molar-refractivity contribution in [3.8, 4) is 0 Å². The number of carbonyl (C=O) groups is 1. The van der Waals surface area contributed by atoms with Crippen LogP contribution in [-0.2, 0) is 16.1 Å². The Balaban J connectivity index is 1.11. The number of hydrogen-bond acceptors (Lipinski definition) is 6. The Hall–Kier alpha value is -4.89. The molecule has 2 aliphatic heterocycles. The Labute approximate surface area is 294 Å². The number of benzene rings is 4. The number of aliphatic hydroxyl groups excluding tert-OH is 1. The maximum absolute atomic E-state index is 14.4. The molecule has 0 radical (unpaired) electrons. The summed E-state index contributed by atoms with van der Waals surface area (Å²) >= 11 is 0. The number of piperidine rings is 1. The second-order valence-electron chi connectivity index (χ2n) is 13.2. The highest BCUT2D eigenvalue weighted by Gasteiger charge is 2.40. The SMILES string of the molecule is C[C@H]1[C@@H](CN2CCC(n3c(=O)[nH]c4ccccc43)CC2)O[C@@H](c2cccc(NC(=O)c3c(F)c(F)c(F)c(F)c3F)c2)O[C@H]1c1ccc(CO)cc1. The molecule has 0 unspecified atom stereocenters.